The van der Waals surface area contributed by atoms with Crippen molar-refractivity contribution in [1.29, 1.82) is 0 Å². The normalized spacial score (nSPS) is 13.5. The molecule has 6 heteroatoms. The van der Waals surface area contributed by atoms with Crippen LogP contribution in [0.4, 0.5) is 0 Å². The Morgan fingerprint density at radius 1 is 1.25 bits per heavy atom. The third-order valence-electron chi connectivity index (χ3n) is 2.20. The van der Waals surface area contributed by atoms with Crippen molar-refractivity contribution in [3.63, 3.8) is 0 Å². The van der Waals surface area contributed by atoms with Crippen molar-refractivity contribution in [3.05, 3.63) is 29.8 Å². The van der Waals surface area contributed by atoms with Gasteiger partial charge < -0.3 is 18.9 Å². The lowest BCUT2D eigenvalue weighted by atomic mass is 10.2. The zero-order chi connectivity index (χ0) is 12.2. The Labute approximate surface area is 94.5 Å². The van der Waals surface area contributed by atoms with Crippen molar-refractivity contribution >= 4 is 7.60 Å². The lowest BCUT2D eigenvalue weighted by Crippen LogP contribution is -2.02. The summed E-state index contributed by atoms with van der Waals surface area (Å²) in [7, 11) is 0.447. The fraction of sp³-hybridized carbons (Fsp3) is 0.400. The first-order valence-corrected chi connectivity index (χ1v) is 6.21. The van der Waals surface area contributed by atoms with Gasteiger partial charge in [-0.15, -0.1) is 0 Å². The molecule has 0 fully saturated rings. The largest absolute Gasteiger partial charge is 0.497 e. The monoisotopic (exact) mass is 246 g/mol. The number of rotatable bonds is 5. The number of ether oxygens (including phenoxy) is 1. The summed E-state index contributed by atoms with van der Waals surface area (Å²) in [6.07, 6.45) is 0. The van der Waals surface area contributed by atoms with Gasteiger partial charge in [-0.2, -0.15) is 0 Å². The smallest absolute Gasteiger partial charge is 0.362 e. The second-order valence-electron chi connectivity index (χ2n) is 3.06. The SMILES string of the molecule is COc1cccc([C@H](O)P(=O)(OC)OC)c1. The van der Waals surface area contributed by atoms with Crippen molar-refractivity contribution in [2.45, 2.75) is 5.85 Å². The highest BCUT2D eigenvalue weighted by molar-refractivity contribution is 7.53. The molecule has 0 saturated carbocycles. The van der Waals surface area contributed by atoms with Crippen LogP contribution >= 0.6 is 7.60 Å². The number of hydrogen-bond donors (Lipinski definition) is 1. The number of benzene rings is 1. The van der Waals surface area contributed by atoms with E-state index in [0.29, 0.717) is 11.3 Å². The van der Waals surface area contributed by atoms with Crippen molar-refractivity contribution < 1.29 is 23.5 Å². The Morgan fingerprint density at radius 2 is 1.88 bits per heavy atom. The van der Waals surface area contributed by atoms with E-state index in [9.17, 15) is 9.67 Å². The molecule has 0 saturated heterocycles. The van der Waals surface area contributed by atoms with Gasteiger partial charge in [-0.25, -0.2) is 0 Å². The Morgan fingerprint density at radius 3 is 2.38 bits per heavy atom. The van der Waals surface area contributed by atoms with E-state index in [1.165, 1.54) is 21.3 Å². The third-order valence-corrected chi connectivity index (χ3v) is 4.12. The minimum absolute atomic E-state index is 0.423. The highest BCUT2D eigenvalue weighted by atomic mass is 31.2. The van der Waals surface area contributed by atoms with E-state index in [1.54, 1.807) is 24.3 Å². The molecule has 1 atom stereocenters. The summed E-state index contributed by atoms with van der Waals surface area (Å²) in [5.41, 5.74) is 0.423. The van der Waals surface area contributed by atoms with Crippen molar-refractivity contribution in [2.24, 2.45) is 0 Å². The minimum Gasteiger partial charge on any atom is -0.497 e. The Bertz CT molecular complexity index is 385. The predicted octanol–water partition coefficient (Wildman–Crippen LogP) is 2.17. The third kappa shape index (κ3) is 2.62. The van der Waals surface area contributed by atoms with E-state index < -0.39 is 13.4 Å². The lowest BCUT2D eigenvalue weighted by molar-refractivity contribution is 0.176. The Kier molecular flexibility index (Phi) is 4.50. The molecule has 1 aromatic carbocycles. The molecule has 16 heavy (non-hydrogen) atoms. The Balaban J connectivity index is 3.03. The van der Waals surface area contributed by atoms with Gasteiger partial charge in [0.15, 0.2) is 5.85 Å². The predicted molar refractivity (Wildman–Crippen MR) is 59.6 cm³/mol. The minimum atomic E-state index is -3.52. The highest BCUT2D eigenvalue weighted by Crippen LogP contribution is 2.58. The van der Waals surface area contributed by atoms with Crippen LogP contribution in [-0.2, 0) is 13.6 Å². The molecule has 0 aliphatic rings. The van der Waals surface area contributed by atoms with E-state index in [4.69, 9.17) is 13.8 Å². The van der Waals surface area contributed by atoms with Crippen LogP contribution in [0.25, 0.3) is 0 Å². The highest BCUT2D eigenvalue weighted by Gasteiger charge is 2.33. The maximum atomic E-state index is 11.9. The standard InChI is InChI=1S/C10H15O5P/c1-13-9-6-4-5-8(7-9)10(11)16(12,14-2)15-3/h4-7,10-11H,1-3H3/t10-/m1/s1. The fourth-order valence-corrected chi connectivity index (χ4v) is 2.33. The van der Waals surface area contributed by atoms with Crippen LogP contribution in [0, 0.1) is 0 Å². The van der Waals surface area contributed by atoms with Gasteiger partial charge in [-0.05, 0) is 17.7 Å². The van der Waals surface area contributed by atoms with E-state index in [-0.39, 0.29) is 0 Å². The molecule has 5 nitrogen and oxygen atoms in total. The summed E-state index contributed by atoms with van der Waals surface area (Å²) in [5, 5.41) is 9.89. The van der Waals surface area contributed by atoms with E-state index in [0.717, 1.165) is 0 Å². The average Bonchev–Trinajstić information content (AvgIpc) is 2.37. The van der Waals surface area contributed by atoms with Gasteiger partial charge >= 0.3 is 7.60 Å². The van der Waals surface area contributed by atoms with Gasteiger partial charge in [0.1, 0.15) is 5.75 Å². The molecule has 0 aromatic heterocycles. The van der Waals surface area contributed by atoms with E-state index in [2.05, 4.69) is 0 Å². The summed E-state index contributed by atoms with van der Waals surface area (Å²) in [6.45, 7) is 0. The van der Waals surface area contributed by atoms with Crippen LogP contribution in [0.1, 0.15) is 11.4 Å². The van der Waals surface area contributed by atoms with Crippen LogP contribution in [0.15, 0.2) is 24.3 Å². The van der Waals surface area contributed by atoms with Gasteiger partial charge in [0.25, 0.3) is 0 Å². The van der Waals surface area contributed by atoms with Crippen molar-refractivity contribution in [1.82, 2.24) is 0 Å². The van der Waals surface area contributed by atoms with Gasteiger partial charge in [0.05, 0.1) is 7.11 Å². The average molecular weight is 246 g/mol. The van der Waals surface area contributed by atoms with E-state index >= 15 is 0 Å². The van der Waals surface area contributed by atoms with Crippen LogP contribution in [0.3, 0.4) is 0 Å². The van der Waals surface area contributed by atoms with Crippen LogP contribution in [0.2, 0.25) is 0 Å². The fourth-order valence-electron chi connectivity index (χ4n) is 1.26. The van der Waals surface area contributed by atoms with E-state index in [1.807, 2.05) is 0 Å². The summed E-state index contributed by atoms with van der Waals surface area (Å²) >= 11 is 0. The first-order valence-electron chi connectivity index (χ1n) is 4.60. The molecular formula is C10H15O5P. The summed E-state index contributed by atoms with van der Waals surface area (Å²) in [4.78, 5) is 0. The number of aliphatic hydroxyl groups is 1. The number of aliphatic hydroxyl groups excluding tert-OH is 1. The summed E-state index contributed by atoms with van der Waals surface area (Å²) < 4.78 is 26.4. The molecule has 1 aromatic rings. The van der Waals surface area contributed by atoms with Crippen LogP contribution in [0.5, 0.6) is 5.75 Å². The molecule has 0 heterocycles. The molecule has 0 aliphatic heterocycles. The number of hydrogen-bond acceptors (Lipinski definition) is 5. The first kappa shape index (κ1) is 13.2. The second kappa shape index (κ2) is 5.46. The lowest BCUT2D eigenvalue weighted by Gasteiger charge is -2.20. The molecule has 0 amide bonds. The molecular weight excluding hydrogens is 231 g/mol. The molecule has 0 aliphatic carbocycles. The van der Waals surface area contributed by atoms with Crippen molar-refractivity contribution in [2.75, 3.05) is 21.3 Å². The molecule has 0 bridgehead atoms. The van der Waals surface area contributed by atoms with Gasteiger partial charge in [-0.3, -0.25) is 4.57 Å². The number of methoxy groups -OCH3 is 1. The molecule has 90 valence electrons. The molecule has 0 radical (unpaired) electrons. The van der Waals surface area contributed by atoms with Gasteiger partial charge in [0, 0.05) is 14.2 Å². The summed E-state index contributed by atoms with van der Waals surface area (Å²) in [5.74, 6) is -0.757. The zero-order valence-electron chi connectivity index (χ0n) is 9.41. The maximum Gasteiger partial charge on any atom is 0.362 e. The quantitative estimate of drug-likeness (QED) is 0.806. The first-order chi connectivity index (χ1) is 7.57. The van der Waals surface area contributed by atoms with Gasteiger partial charge in [-0.1, -0.05) is 12.1 Å². The zero-order valence-corrected chi connectivity index (χ0v) is 10.3. The summed E-state index contributed by atoms with van der Waals surface area (Å²) in [6, 6.07) is 6.61. The molecule has 1 rings (SSSR count). The molecule has 0 spiro atoms. The maximum absolute atomic E-state index is 11.9. The van der Waals surface area contributed by atoms with Gasteiger partial charge in [0.2, 0.25) is 0 Å². The van der Waals surface area contributed by atoms with Crippen LogP contribution in [-0.4, -0.2) is 26.4 Å². The topological polar surface area (TPSA) is 65.0 Å². The molecule has 1 N–H and O–H groups in total. The molecule has 0 unspecified atom stereocenters. The van der Waals surface area contributed by atoms with Crippen LogP contribution < -0.4 is 4.74 Å². The Hall–Kier alpha value is -0.870. The second-order valence-corrected chi connectivity index (χ2v) is 5.35. The van der Waals surface area contributed by atoms with Crippen molar-refractivity contribution in [3.8, 4) is 5.75 Å².